The molecule has 0 aliphatic heterocycles. The first-order valence-corrected chi connectivity index (χ1v) is 7.27. The van der Waals surface area contributed by atoms with Crippen LogP contribution >= 0.6 is 11.6 Å². The van der Waals surface area contributed by atoms with Crippen LogP contribution in [0.2, 0.25) is 5.02 Å². The zero-order valence-corrected chi connectivity index (χ0v) is 12.0. The minimum absolute atomic E-state index is 0.402. The van der Waals surface area contributed by atoms with Gasteiger partial charge in [-0.1, -0.05) is 48.0 Å². The third-order valence-electron chi connectivity index (χ3n) is 4.45. The number of halogens is 1. The topological polar surface area (TPSA) is 46.2 Å². The Kier molecular flexibility index (Phi) is 3.55. The number of hydrogen-bond donors (Lipinski definition) is 2. The SMILES string of the molecule is NCC1(C(O)c2cccc(Cl)c2)CCc2ccccc21. The monoisotopic (exact) mass is 287 g/mol. The van der Waals surface area contributed by atoms with Gasteiger partial charge >= 0.3 is 0 Å². The molecule has 0 saturated carbocycles. The molecule has 0 spiro atoms. The molecular formula is C17H18ClNO. The van der Waals surface area contributed by atoms with Crippen LogP contribution in [0.3, 0.4) is 0 Å². The standard InChI is InChI=1S/C17H18ClNO/c18-14-6-3-5-13(10-14)16(20)17(11-19)9-8-12-4-1-2-7-15(12)17/h1-7,10,16,20H,8-9,11,19H2. The van der Waals surface area contributed by atoms with Crippen molar-refractivity contribution in [1.82, 2.24) is 0 Å². The van der Waals surface area contributed by atoms with E-state index < -0.39 is 11.5 Å². The average Bonchev–Trinajstić information content (AvgIpc) is 2.86. The molecule has 0 bridgehead atoms. The molecule has 2 aromatic carbocycles. The molecule has 2 unspecified atom stereocenters. The van der Waals surface area contributed by atoms with Crippen molar-refractivity contribution in [2.24, 2.45) is 5.73 Å². The first kappa shape index (κ1) is 13.6. The van der Waals surface area contributed by atoms with Crippen molar-refractivity contribution in [1.29, 1.82) is 0 Å². The molecule has 104 valence electrons. The quantitative estimate of drug-likeness (QED) is 0.910. The van der Waals surface area contributed by atoms with Gasteiger partial charge in [0.15, 0.2) is 0 Å². The molecule has 3 heteroatoms. The Balaban J connectivity index is 2.07. The maximum atomic E-state index is 10.9. The lowest BCUT2D eigenvalue weighted by molar-refractivity contribution is 0.0840. The molecule has 0 amide bonds. The third kappa shape index (κ3) is 2.05. The van der Waals surface area contributed by atoms with Crippen LogP contribution < -0.4 is 5.73 Å². The zero-order valence-electron chi connectivity index (χ0n) is 11.2. The van der Waals surface area contributed by atoms with Gasteiger partial charge < -0.3 is 10.8 Å². The van der Waals surface area contributed by atoms with Crippen LogP contribution in [0.5, 0.6) is 0 Å². The van der Waals surface area contributed by atoms with Crippen molar-refractivity contribution in [2.75, 3.05) is 6.54 Å². The number of aryl methyl sites for hydroxylation is 1. The second-order valence-corrected chi connectivity index (χ2v) is 5.91. The van der Waals surface area contributed by atoms with E-state index in [1.807, 2.05) is 36.4 Å². The van der Waals surface area contributed by atoms with Gasteiger partial charge in [-0.05, 0) is 41.7 Å². The highest BCUT2D eigenvalue weighted by molar-refractivity contribution is 6.30. The molecule has 20 heavy (non-hydrogen) atoms. The second-order valence-electron chi connectivity index (χ2n) is 5.47. The first-order valence-electron chi connectivity index (χ1n) is 6.89. The Hall–Kier alpha value is -1.35. The number of hydrogen-bond acceptors (Lipinski definition) is 2. The van der Waals surface area contributed by atoms with Gasteiger partial charge in [-0.2, -0.15) is 0 Å². The third-order valence-corrected chi connectivity index (χ3v) is 4.68. The van der Waals surface area contributed by atoms with Crippen LogP contribution in [0.4, 0.5) is 0 Å². The minimum atomic E-state index is -0.630. The van der Waals surface area contributed by atoms with E-state index in [1.54, 1.807) is 0 Å². The highest BCUT2D eigenvalue weighted by Gasteiger charge is 2.44. The number of benzene rings is 2. The van der Waals surface area contributed by atoms with Gasteiger partial charge in [0.25, 0.3) is 0 Å². The zero-order chi connectivity index (χ0) is 14.2. The fourth-order valence-electron chi connectivity index (χ4n) is 3.32. The Morgan fingerprint density at radius 2 is 2.00 bits per heavy atom. The summed E-state index contributed by atoms with van der Waals surface area (Å²) in [6.07, 6.45) is 1.21. The molecule has 0 heterocycles. The van der Waals surface area contributed by atoms with E-state index in [-0.39, 0.29) is 0 Å². The van der Waals surface area contributed by atoms with E-state index in [2.05, 4.69) is 12.1 Å². The summed E-state index contributed by atoms with van der Waals surface area (Å²) in [6.45, 7) is 0.428. The Labute approximate surface area is 124 Å². The number of nitrogens with two attached hydrogens (primary N) is 1. The lowest BCUT2D eigenvalue weighted by Crippen LogP contribution is -2.39. The van der Waals surface area contributed by atoms with Gasteiger partial charge in [0.2, 0.25) is 0 Å². The molecule has 2 atom stereocenters. The highest BCUT2D eigenvalue weighted by atomic mass is 35.5. The van der Waals surface area contributed by atoms with Crippen molar-refractivity contribution >= 4 is 11.6 Å². The predicted molar refractivity (Wildman–Crippen MR) is 81.9 cm³/mol. The van der Waals surface area contributed by atoms with E-state index in [0.29, 0.717) is 11.6 Å². The van der Waals surface area contributed by atoms with Crippen LogP contribution in [-0.4, -0.2) is 11.7 Å². The summed E-state index contributed by atoms with van der Waals surface area (Å²) < 4.78 is 0. The molecule has 0 radical (unpaired) electrons. The van der Waals surface area contributed by atoms with Gasteiger partial charge in [0.1, 0.15) is 0 Å². The minimum Gasteiger partial charge on any atom is -0.387 e. The molecule has 1 aliphatic rings. The van der Waals surface area contributed by atoms with Crippen molar-refractivity contribution in [2.45, 2.75) is 24.4 Å². The lowest BCUT2D eigenvalue weighted by Gasteiger charge is -2.34. The van der Waals surface area contributed by atoms with Crippen LogP contribution in [0, 0.1) is 0 Å². The first-order chi connectivity index (χ1) is 9.67. The summed E-state index contributed by atoms with van der Waals surface area (Å²) in [5.74, 6) is 0. The van der Waals surface area contributed by atoms with Gasteiger partial charge in [0.05, 0.1) is 6.10 Å². The fourth-order valence-corrected chi connectivity index (χ4v) is 3.52. The van der Waals surface area contributed by atoms with Crippen LogP contribution in [0.15, 0.2) is 48.5 Å². The lowest BCUT2D eigenvalue weighted by atomic mass is 9.74. The summed E-state index contributed by atoms with van der Waals surface area (Å²) in [7, 11) is 0. The van der Waals surface area contributed by atoms with E-state index >= 15 is 0 Å². The molecule has 1 aliphatic carbocycles. The van der Waals surface area contributed by atoms with E-state index in [9.17, 15) is 5.11 Å². The maximum Gasteiger partial charge on any atom is 0.0899 e. The molecule has 0 fully saturated rings. The Morgan fingerprint density at radius 1 is 1.20 bits per heavy atom. The fraction of sp³-hybridized carbons (Fsp3) is 0.294. The summed E-state index contributed by atoms with van der Waals surface area (Å²) in [6, 6.07) is 15.7. The summed E-state index contributed by atoms with van der Waals surface area (Å²) >= 11 is 6.04. The largest absolute Gasteiger partial charge is 0.387 e. The van der Waals surface area contributed by atoms with Crippen LogP contribution in [0.25, 0.3) is 0 Å². The molecule has 0 aromatic heterocycles. The van der Waals surface area contributed by atoms with E-state index in [1.165, 1.54) is 11.1 Å². The normalized spacial score (nSPS) is 22.6. The Morgan fingerprint density at radius 3 is 2.75 bits per heavy atom. The average molecular weight is 288 g/mol. The number of fused-ring (bicyclic) bond motifs is 1. The predicted octanol–water partition coefficient (Wildman–Crippen LogP) is 3.22. The molecule has 3 rings (SSSR count). The maximum absolute atomic E-state index is 10.9. The highest BCUT2D eigenvalue weighted by Crippen LogP contribution is 2.46. The van der Waals surface area contributed by atoms with E-state index in [4.69, 9.17) is 17.3 Å². The van der Waals surface area contributed by atoms with Crippen LogP contribution in [-0.2, 0) is 11.8 Å². The number of aliphatic hydroxyl groups is 1. The van der Waals surface area contributed by atoms with Crippen molar-refractivity contribution in [3.63, 3.8) is 0 Å². The van der Waals surface area contributed by atoms with Gasteiger partial charge in [-0.15, -0.1) is 0 Å². The molecule has 2 aromatic rings. The van der Waals surface area contributed by atoms with Gasteiger partial charge in [0, 0.05) is 17.0 Å². The Bertz CT molecular complexity index is 628. The van der Waals surface area contributed by atoms with Gasteiger partial charge in [-0.25, -0.2) is 0 Å². The van der Waals surface area contributed by atoms with Crippen LogP contribution in [0.1, 0.15) is 29.2 Å². The smallest absolute Gasteiger partial charge is 0.0899 e. The number of rotatable bonds is 3. The summed E-state index contributed by atoms with van der Waals surface area (Å²) in [5, 5.41) is 11.5. The van der Waals surface area contributed by atoms with Crippen molar-refractivity contribution < 1.29 is 5.11 Å². The van der Waals surface area contributed by atoms with Crippen molar-refractivity contribution in [3.05, 3.63) is 70.2 Å². The molecule has 3 N–H and O–H groups in total. The van der Waals surface area contributed by atoms with Crippen molar-refractivity contribution in [3.8, 4) is 0 Å². The van der Waals surface area contributed by atoms with Gasteiger partial charge in [-0.3, -0.25) is 0 Å². The molecular weight excluding hydrogens is 270 g/mol. The molecule has 2 nitrogen and oxygen atoms in total. The summed E-state index contributed by atoms with van der Waals surface area (Å²) in [4.78, 5) is 0. The second kappa shape index (κ2) is 5.21. The number of aliphatic hydroxyl groups excluding tert-OH is 1. The van der Waals surface area contributed by atoms with E-state index in [0.717, 1.165) is 18.4 Å². The molecule has 0 saturated heterocycles. The summed E-state index contributed by atoms with van der Waals surface area (Å²) in [5.41, 5.74) is 8.97.